The third-order valence-electron chi connectivity index (χ3n) is 2.42. The lowest BCUT2D eigenvalue weighted by Crippen LogP contribution is -2.30. The first kappa shape index (κ1) is 13.3. The van der Waals surface area contributed by atoms with Crippen molar-refractivity contribution in [1.29, 1.82) is 0 Å². The first-order chi connectivity index (χ1) is 7.60. The molecule has 0 aliphatic carbocycles. The zero-order valence-electron chi connectivity index (χ0n) is 9.28. The Balaban J connectivity index is 3.03. The smallest absolute Gasteiger partial charge is 0.0606 e. The molecule has 0 spiro atoms. The van der Waals surface area contributed by atoms with E-state index in [4.69, 9.17) is 15.9 Å². The second-order valence-corrected chi connectivity index (χ2v) is 4.45. The van der Waals surface area contributed by atoms with Crippen LogP contribution in [0.3, 0.4) is 0 Å². The monoisotopic (exact) mass is 288 g/mol. The van der Waals surface area contributed by atoms with E-state index in [9.17, 15) is 0 Å². The van der Waals surface area contributed by atoms with Gasteiger partial charge in [-0.25, -0.2) is 0 Å². The molecule has 0 radical (unpaired) electrons. The SMILES string of the molecule is Cc1cc(N(CCO)CCO)c(Br)cc1N. The Labute approximate surface area is 104 Å². The molecule has 0 aliphatic rings. The van der Waals surface area contributed by atoms with E-state index in [1.165, 1.54) is 0 Å². The summed E-state index contributed by atoms with van der Waals surface area (Å²) >= 11 is 3.44. The van der Waals surface area contributed by atoms with Gasteiger partial charge in [0, 0.05) is 23.2 Å². The lowest BCUT2D eigenvalue weighted by atomic mass is 10.1. The lowest BCUT2D eigenvalue weighted by Gasteiger charge is -2.25. The van der Waals surface area contributed by atoms with Gasteiger partial charge in [-0.1, -0.05) is 0 Å². The fraction of sp³-hybridized carbons (Fsp3) is 0.455. The summed E-state index contributed by atoms with van der Waals surface area (Å²) in [4.78, 5) is 1.91. The van der Waals surface area contributed by atoms with Gasteiger partial charge in [0.05, 0.1) is 18.9 Å². The Morgan fingerprint density at radius 1 is 1.25 bits per heavy atom. The maximum Gasteiger partial charge on any atom is 0.0606 e. The molecule has 16 heavy (non-hydrogen) atoms. The van der Waals surface area contributed by atoms with E-state index in [1.54, 1.807) is 0 Å². The lowest BCUT2D eigenvalue weighted by molar-refractivity contribution is 0.281. The molecule has 0 aromatic heterocycles. The zero-order valence-corrected chi connectivity index (χ0v) is 10.9. The molecule has 0 amide bonds. The molecule has 90 valence electrons. The molecular formula is C11H17BrN2O2. The van der Waals surface area contributed by atoms with Gasteiger partial charge in [-0.15, -0.1) is 0 Å². The van der Waals surface area contributed by atoms with Gasteiger partial charge in [0.1, 0.15) is 0 Å². The van der Waals surface area contributed by atoms with Gasteiger partial charge >= 0.3 is 0 Å². The molecule has 0 saturated heterocycles. The largest absolute Gasteiger partial charge is 0.398 e. The normalized spacial score (nSPS) is 10.5. The van der Waals surface area contributed by atoms with Crippen molar-refractivity contribution in [2.75, 3.05) is 36.9 Å². The maximum atomic E-state index is 8.98. The van der Waals surface area contributed by atoms with Crippen molar-refractivity contribution in [3.63, 3.8) is 0 Å². The summed E-state index contributed by atoms with van der Waals surface area (Å²) < 4.78 is 0.873. The average molecular weight is 289 g/mol. The number of hydrogen-bond donors (Lipinski definition) is 3. The number of aliphatic hydroxyl groups is 2. The van der Waals surface area contributed by atoms with Gasteiger partial charge < -0.3 is 20.8 Å². The van der Waals surface area contributed by atoms with E-state index in [0.717, 1.165) is 21.4 Å². The van der Waals surface area contributed by atoms with E-state index < -0.39 is 0 Å². The van der Waals surface area contributed by atoms with E-state index in [1.807, 2.05) is 24.0 Å². The van der Waals surface area contributed by atoms with Crippen LogP contribution in [0.5, 0.6) is 0 Å². The highest BCUT2D eigenvalue weighted by molar-refractivity contribution is 9.10. The van der Waals surface area contributed by atoms with Crippen LogP contribution in [0.25, 0.3) is 0 Å². The topological polar surface area (TPSA) is 69.7 Å². The number of nitrogens with zero attached hydrogens (tertiary/aromatic N) is 1. The van der Waals surface area contributed by atoms with Gasteiger partial charge in [-0.3, -0.25) is 0 Å². The minimum Gasteiger partial charge on any atom is -0.398 e. The van der Waals surface area contributed by atoms with Gasteiger partial charge in [-0.2, -0.15) is 0 Å². The second kappa shape index (κ2) is 6.08. The number of benzene rings is 1. The molecule has 0 heterocycles. The second-order valence-electron chi connectivity index (χ2n) is 3.59. The number of nitrogen functional groups attached to an aromatic ring is 1. The highest BCUT2D eigenvalue weighted by Crippen LogP contribution is 2.30. The number of halogens is 1. The van der Waals surface area contributed by atoms with E-state index in [2.05, 4.69) is 15.9 Å². The van der Waals surface area contributed by atoms with Crippen LogP contribution in [0.1, 0.15) is 5.56 Å². The molecular weight excluding hydrogens is 272 g/mol. The summed E-state index contributed by atoms with van der Waals surface area (Å²) in [5.41, 5.74) is 8.44. The van der Waals surface area contributed by atoms with Crippen molar-refractivity contribution in [3.05, 3.63) is 22.2 Å². The average Bonchev–Trinajstić information content (AvgIpc) is 2.23. The molecule has 1 aromatic carbocycles. The molecule has 5 heteroatoms. The summed E-state index contributed by atoms with van der Waals surface area (Å²) in [6.07, 6.45) is 0. The Hall–Kier alpha value is -0.780. The van der Waals surface area contributed by atoms with E-state index in [0.29, 0.717) is 13.1 Å². The van der Waals surface area contributed by atoms with Crippen molar-refractivity contribution in [2.45, 2.75) is 6.92 Å². The molecule has 0 fully saturated rings. The highest BCUT2D eigenvalue weighted by atomic mass is 79.9. The Kier molecular flexibility index (Phi) is 5.05. The van der Waals surface area contributed by atoms with Crippen LogP contribution in [0.15, 0.2) is 16.6 Å². The van der Waals surface area contributed by atoms with Crippen molar-refractivity contribution < 1.29 is 10.2 Å². The van der Waals surface area contributed by atoms with Crippen LogP contribution in [-0.2, 0) is 0 Å². The predicted molar refractivity (Wildman–Crippen MR) is 69.7 cm³/mol. The fourth-order valence-electron chi connectivity index (χ4n) is 1.52. The Bertz CT molecular complexity index is 352. The standard InChI is InChI=1S/C11H17BrN2O2/c1-8-6-11(9(12)7-10(8)13)14(2-4-15)3-5-16/h6-7,15-16H,2-5,13H2,1H3. The van der Waals surface area contributed by atoms with E-state index in [-0.39, 0.29) is 13.2 Å². The van der Waals surface area contributed by atoms with Gasteiger partial charge in [0.25, 0.3) is 0 Å². The summed E-state index contributed by atoms with van der Waals surface area (Å²) in [7, 11) is 0. The van der Waals surface area contributed by atoms with Gasteiger partial charge in [0.2, 0.25) is 0 Å². The van der Waals surface area contributed by atoms with Crippen LogP contribution < -0.4 is 10.6 Å². The number of aryl methyl sites for hydroxylation is 1. The molecule has 1 rings (SSSR count). The maximum absolute atomic E-state index is 8.98. The summed E-state index contributed by atoms with van der Waals surface area (Å²) in [5, 5.41) is 18.0. The molecule has 0 aliphatic heterocycles. The van der Waals surface area contributed by atoms with Crippen LogP contribution in [0.4, 0.5) is 11.4 Å². The zero-order chi connectivity index (χ0) is 12.1. The molecule has 1 aromatic rings. The minimum atomic E-state index is 0.0515. The number of rotatable bonds is 5. The van der Waals surface area contributed by atoms with Gasteiger partial charge in [-0.05, 0) is 40.5 Å². The first-order valence-electron chi connectivity index (χ1n) is 5.12. The molecule has 4 N–H and O–H groups in total. The minimum absolute atomic E-state index is 0.0515. The van der Waals surface area contributed by atoms with Gasteiger partial charge in [0.15, 0.2) is 0 Å². The molecule has 4 nitrogen and oxygen atoms in total. The van der Waals surface area contributed by atoms with Crippen LogP contribution in [0.2, 0.25) is 0 Å². The predicted octanol–water partition coefficient (Wildman–Crippen LogP) is 1.13. The van der Waals surface area contributed by atoms with Crippen molar-refractivity contribution in [1.82, 2.24) is 0 Å². The Morgan fingerprint density at radius 3 is 2.31 bits per heavy atom. The summed E-state index contributed by atoms with van der Waals surface area (Å²) in [6.45, 7) is 3.01. The number of anilines is 2. The van der Waals surface area contributed by atoms with Crippen LogP contribution >= 0.6 is 15.9 Å². The van der Waals surface area contributed by atoms with Crippen LogP contribution in [0, 0.1) is 6.92 Å². The fourth-order valence-corrected chi connectivity index (χ4v) is 2.13. The quantitative estimate of drug-likeness (QED) is 0.711. The molecule has 0 saturated carbocycles. The van der Waals surface area contributed by atoms with Crippen molar-refractivity contribution >= 4 is 27.3 Å². The highest BCUT2D eigenvalue weighted by Gasteiger charge is 2.10. The van der Waals surface area contributed by atoms with Crippen LogP contribution in [-0.4, -0.2) is 36.5 Å². The first-order valence-corrected chi connectivity index (χ1v) is 5.91. The molecule has 0 bridgehead atoms. The molecule has 0 unspecified atom stereocenters. The van der Waals surface area contributed by atoms with E-state index >= 15 is 0 Å². The Morgan fingerprint density at radius 2 is 1.81 bits per heavy atom. The van der Waals surface area contributed by atoms with Crippen molar-refractivity contribution in [3.8, 4) is 0 Å². The number of aliphatic hydroxyl groups excluding tert-OH is 2. The summed E-state index contributed by atoms with van der Waals surface area (Å²) in [5.74, 6) is 0. The third kappa shape index (κ3) is 3.10. The number of hydrogen-bond acceptors (Lipinski definition) is 4. The summed E-state index contributed by atoms with van der Waals surface area (Å²) in [6, 6.07) is 3.79. The number of nitrogens with two attached hydrogens (primary N) is 1. The molecule has 0 atom stereocenters. The van der Waals surface area contributed by atoms with Crippen molar-refractivity contribution in [2.24, 2.45) is 0 Å². The third-order valence-corrected chi connectivity index (χ3v) is 3.05.